The molecule has 1 atom stereocenters. The lowest BCUT2D eigenvalue weighted by molar-refractivity contribution is -0.120. The van der Waals surface area contributed by atoms with Crippen molar-refractivity contribution in [1.29, 1.82) is 0 Å². The third kappa shape index (κ3) is 2.40. The highest BCUT2D eigenvalue weighted by Crippen LogP contribution is 2.40. The van der Waals surface area contributed by atoms with Gasteiger partial charge in [-0.15, -0.1) is 0 Å². The minimum atomic E-state index is -0.483. The molecule has 1 aliphatic rings. The molecule has 0 bridgehead atoms. The van der Waals surface area contributed by atoms with Gasteiger partial charge >= 0.3 is 0 Å². The number of hydrogen-bond acceptors (Lipinski definition) is 3. The number of amidine groups is 1. The maximum atomic E-state index is 11.9. The third-order valence-electron chi connectivity index (χ3n) is 3.15. The van der Waals surface area contributed by atoms with Gasteiger partial charge < -0.3 is 5.32 Å². The highest BCUT2D eigenvalue weighted by molar-refractivity contribution is 8.16. The van der Waals surface area contributed by atoms with Crippen LogP contribution in [0.2, 0.25) is 5.02 Å². The van der Waals surface area contributed by atoms with Crippen molar-refractivity contribution in [2.45, 2.75) is 25.5 Å². The summed E-state index contributed by atoms with van der Waals surface area (Å²) in [5, 5.41) is 4.34. The van der Waals surface area contributed by atoms with Gasteiger partial charge in [0.1, 0.15) is 4.75 Å². The number of halogens is 1. The Balaban J connectivity index is 2.17. The maximum Gasteiger partial charge on any atom is 0.264 e. The summed E-state index contributed by atoms with van der Waals surface area (Å²) in [6, 6.07) is 7.41. The molecule has 0 unspecified atom stereocenters. The minimum Gasteiger partial charge on any atom is -0.333 e. The molecule has 0 saturated carbocycles. The number of hydrogen-bond donors (Lipinski definition) is 1. The van der Waals surface area contributed by atoms with Crippen molar-refractivity contribution in [1.82, 2.24) is 0 Å². The molecule has 0 spiro atoms. The van der Waals surface area contributed by atoms with Crippen molar-refractivity contribution in [3.05, 3.63) is 29.3 Å². The molecule has 0 saturated heterocycles. The summed E-state index contributed by atoms with van der Waals surface area (Å²) < 4.78 is -0.483. The molecule has 1 aromatic rings. The van der Waals surface area contributed by atoms with Crippen LogP contribution in [0.5, 0.6) is 0 Å². The molecule has 18 heavy (non-hydrogen) atoms. The lowest BCUT2D eigenvalue weighted by atomic mass is 9.96. The van der Waals surface area contributed by atoms with Crippen LogP contribution >= 0.6 is 23.4 Å². The monoisotopic (exact) mass is 282 g/mol. The number of nitrogens with zero attached hydrogens (tertiary/aromatic N) is 1. The number of para-hydroxylation sites is 1. The Morgan fingerprint density at radius 2 is 2.06 bits per heavy atom. The fourth-order valence-corrected chi connectivity index (χ4v) is 2.81. The molecule has 3 nitrogen and oxygen atoms in total. The number of amides is 1. The second-order valence-electron chi connectivity index (χ2n) is 4.69. The Kier molecular flexibility index (Phi) is 3.69. The Morgan fingerprint density at radius 3 is 2.61 bits per heavy atom. The van der Waals surface area contributed by atoms with Gasteiger partial charge in [0.2, 0.25) is 0 Å². The second-order valence-corrected chi connectivity index (χ2v) is 6.54. The highest BCUT2D eigenvalue weighted by Gasteiger charge is 2.43. The van der Waals surface area contributed by atoms with Crippen LogP contribution in [0.25, 0.3) is 0 Å². The van der Waals surface area contributed by atoms with E-state index >= 15 is 0 Å². The van der Waals surface area contributed by atoms with Crippen molar-refractivity contribution in [2.75, 3.05) is 5.32 Å². The molecule has 1 aliphatic heterocycles. The van der Waals surface area contributed by atoms with Crippen LogP contribution in [-0.4, -0.2) is 15.8 Å². The Bertz CT molecular complexity index is 515. The van der Waals surface area contributed by atoms with Gasteiger partial charge in [0.15, 0.2) is 5.17 Å². The lowest BCUT2D eigenvalue weighted by Gasteiger charge is -2.24. The molecule has 0 radical (unpaired) electrons. The number of rotatable bonds is 2. The molecular formula is C13H15ClN2OS. The number of aliphatic imine (C=N–C) groups is 1. The average molecular weight is 283 g/mol. The number of carbonyl (C=O) groups is 1. The summed E-state index contributed by atoms with van der Waals surface area (Å²) in [5.41, 5.74) is 0.770. The first-order valence-corrected chi connectivity index (χ1v) is 6.96. The zero-order valence-corrected chi connectivity index (χ0v) is 12.1. The Labute approximate surface area is 116 Å². The number of nitrogens with one attached hydrogen (secondary N) is 1. The van der Waals surface area contributed by atoms with E-state index in [1.807, 2.05) is 39.0 Å². The number of thioether (sulfide) groups is 1. The summed E-state index contributed by atoms with van der Waals surface area (Å²) in [5.74, 6) is 0.140. The predicted octanol–water partition coefficient (Wildman–Crippen LogP) is 3.80. The van der Waals surface area contributed by atoms with Crippen LogP contribution < -0.4 is 5.32 Å². The van der Waals surface area contributed by atoms with Crippen molar-refractivity contribution in [2.24, 2.45) is 10.9 Å². The first-order chi connectivity index (χ1) is 8.43. The average Bonchev–Trinajstić information content (AvgIpc) is 2.59. The van der Waals surface area contributed by atoms with Gasteiger partial charge in [0.05, 0.1) is 10.7 Å². The first-order valence-electron chi connectivity index (χ1n) is 5.77. The van der Waals surface area contributed by atoms with E-state index in [1.54, 1.807) is 6.07 Å². The van der Waals surface area contributed by atoms with E-state index in [0.29, 0.717) is 10.2 Å². The maximum absolute atomic E-state index is 11.9. The first kappa shape index (κ1) is 13.4. The van der Waals surface area contributed by atoms with Gasteiger partial charge in [-0.1, -0.05) is 49.3 Å². The topological polar surface area (TPSA) is 41.5 Å². The van der Waals surface area contributed by atoms with Crippen molar-refractivity contribution >= 4 is 40.1 Å². The number of carbonyl (C=O) groups excluding carboxylic acids is 1. The standard InChI is InChI=1S/C13H15ClN2OS/c1-8(2)13(3)11(17)16-12(18-13)15-10-7-5-4-6-9(10)14/h4-8H,1-3H3,(H,15,16,17)/t13-/m1/s1. The molecule has 5 heteroatoms. The zero-order chi connectivity index (χ0) is 13.3. The summed E-state index contributed by atoms with van der Waals surface area (Å²) in [6.07, 6.45) is 0. The SMILES string of the molecule is CC(C)[C@@]1(C)SC(Nc2ccccc2Cl)=NC1=O. The minimum absolute atomic E-state index is 0.0861. The van der Waals surface area contributed by atoms with E-state index in [2.05, 4.69) is 10.3 Å². The molecule has 0 aromatic heterocycles. The van der Waals surface area contributed by atoms with Crippen LogP contribution in [-0.2, 0) is 4.79 Å². The summed E-state index contributed by atoms with van der Waals surface area (Å²) in [7, 11) is 0. The number of benzene rings is 1. The van der Waals surface area contributed by atoms with Gasteiger partial charge in [-0.05, 0) is 25.0 Å². The van der Waals surface area contributed by atoms with E-state index in [0.717, 1.165) is 5.69 Å². The van der Waals surface area contributed by atoms with Crippen LogP contribution in [0.15, 0.2) is 29.3 Å². The Morgan fingerprint density at radius 1 is 1.39 bits per heavy atom. The van der Waals surface area contributed by atoms with E-state index in [4.69, 9.17) is 11.6 Å². The molecule has 1 amide bonds. The quantitative estimate of drug-likeness (QED) is 0.897. The smallest absolute Gasteiger partial charge is 0.264 e. The van der Waals surface area contributed by atoms with Crippen LogP contribution in [0, 0.1) is 5.92 Å². The molecule has 1 aromatic carbocycles. The Hall–Kier alpha value is -1.00. The molecule has 2 rings (SSSR count). The number of anilines is 1. The highest BCUT2D eigenvalue weighted by atomic mass is 35.5. The van der Waals surface area contributed by atoms with Gasteiger partial charge in [-0.25, -0.2) is 0 Å². The van der Waals surface area contributed by atoms with E-state index in [9.17, 15) is 4.79 Å². The van der Waals surface area contributed by atoms with Gasteiger partial charge in [0, 0.05) is 0 Å². The third-order valence-corrected chi connectivity index (χ3v) is 4.94. The fourth-order valence-electron chi connectivity index (χ4n) is 1.57. The molecule has 1 heterocycles. The molecule has 96 valence electrons. The van der Waals surface area contributed by atoms with Crippen LogP contribution in [0.1, 0.15) is 20.8 Å². The van der Waals surface area contributed by atoms with Crippen molar-refractivity contribution in [3.63, 3.8) is 0 Å². The fraction of sp³-hybridized carbons (Fsp3) is 0.385. The van der Waals surface area contributed by atoms with E-state index < -0.39 is 4.75 Å². The van der Waals surface area contributed by atoms with Crippen LogP contribution in [0.4, 0.5) is 5.69 Å². The van der Waals surface area contributed by atoms with Crippen molar-refractivity contribution in [3.8, 4) is 0 Å². The molecule has 0 aliphatic carbocycles. The zero-order valence-electron chi connectivity index (χ0n) is 10.5. The normalized spacial score (nSPS) is 23.4. The second kappa shape index (κ2) is 4.94. The van der Waals surface area contributed by atoms with Crippen LogP contribution in [0.3, 0.4) is 0 Å². The summed E-state index contributed by atoms with van der Waals surface area (Å²) >= 11 is 7.52. The molecule has 1 N–H and O–H groups in total. The predicted molar refractivity (Wildman–Crippen MR) is 78.4 cm³/mol. The van der Waals surface area contributed by atoms with E-state index in [-0.39, 0.29) is 11.8 Å². The molecule has 0 fully saturated rings. The van der Waals surface area contributed by atoms with Gasteiger partial charge in [-0.2, -0.15) is 4.99 Å². The summed E-state index contributed by atoms with van der Waals surface area (Å²) in [4.78, 5) is 16.0. The lowest BCUT2D eigenvalue weighted by Crippen LogP contribution is -2.33. The largest absolute Gasteiger partial charge is 0.333 e. The molecular weight excluding hydrogens is 268 g/mol. The van der Waals surface area contributed by atoms with E-state index in [1.165, 1.54) is 11.8 Å². The van der Waals surface area contributed by atoms with Gasteiger partial charge in [0.25, 0.3) is 5.91 Å². The van der Waals surface area contributed by atoms with Gasteiger partial charge in [-0.3, -0.25) is 4.79 Å². The van der Waals surface area contributed by atoms with Crippen molar-refractivity contribution < 1.29 is 4.79 Å². The summed E-state index contributed by atoms with van der Waals surface area (Å²) in [6.45, 7) is 5.98.